The molecule has 0 saturated carbocycles. The van der Waals surface area contributed by atoms with Crippen LogP contribution >= 0.6 is 0 Å². The second-order valence-corrected chi connectivity index (χ2v) is 8.19. The van der Waals surface area contributed by atoms with E-state index in [9.17, 15) is 23.9 Å². The Kier molecular flexibility index (Phi) is 6.31. The van der Waals surface area contributed by atoms with Crippen molar-refractivity contribution in [2.24, 2.45) is 10.7 Å². The lowest BCUT2D eigenvalue weighted by molar-refractivity contribution is -0.150. The minimum Gasteiger partial charge on any atom is -0.383 e. The Bertz CT molecular complexity index is 1200. The fraction of sp³-hybridized carbons (Fsp3) is 0.304. The fourth-order valence-corrected chi connectivity index (χ4v) is 3.86. The number of rotatable bonds is 5. The lowest BCUT2D eigenvalue weighted by Crippen LogP contribution is -2.55. The Hall–Kier alpha value is -3.83. The maximum absolute atomic E-state index is 14.2. The van der Waals surface area contributed by atoms with Gasteiger partial charge < -0.3 is 30.7 Å². The molecule has 10 nitrogen and oxygen atoms in total. The van der Waals surface area contributed by atoms with Crippen molar-refractivity contribution in [3.63, 3.8) is 0 Å². The van der Waals surface area contributed by atoms with Gasteiger partial charge in [-0.3, -0.25) is 19.4 Å². The van der Waals surface area contributed by atoms with Crippen LogP contribution in [0.15, 0.2) is 41.4 Å². The summed E-state index contributed by atoms with van der Waals surface area (Å²) in [4.78, 5) is 44.6. The van der Waals surface area contributed by atoms with Crippen LogP contribution in [0.5, 0.6) is 0 Å². The molecule has 2 aliphatic heterocycles. The van der Waals surface area contributed by atoms with Crippen LogP contribution in [-0.2, 0) is 20.9 Å². The third-order valence-electron chi connectivity index (χ3n) is 5.59. The zero-order chi connectivity index (χ0) is 24.6. The number of hydrogen-bond donors (Lipinski definition) is 3. The molecule has 1 fully saturated rings. The average molecular weight is 469 g/mol. The topological polar surface area (TPSA) is 138 Å². The Morgan fingerprint density at radius 2 is 2.06 bits per heavy atom. The van der Waals surface area contributed by atoms with Gasteiger partial charge in [0.1, 0.15) is 11.7 Å². The van der Waals surface area contributed by atoms with Crippen LogP contribution in [0.2, 0.25) is 0 Å². The molecule has 2 atom stereocenters. The monoisotopic (exact) mass is 469 g/mol. The molecule has 4 N–H and O–H groups in total. The number of carbonyl (C=O) groups excluding carboxylic acids is 3. The van der Waals surface area contributed by atoms with Crippen LogP contribution in [-0.4, -0.2) is 73.0 Å². The van der Waals surface area contributed by atoms with Gasteiger partial charge >= 0.3 is 0 Å². The number of fused-ring (bicyclic) bond motifs is 1. The molecule has 34 heavy (non-hydrogen) atoms. The summed E-state index contributed by atoms with van der Waals surface area (Å²) in [5.41, 5.74) is 8.00. The number of ether oxygens (including phenoxy) is 1. The molecule has 3 amide bonds. The molecule has 2 heterocycles. The number of amides is 3. The highest BCUT2D eigenvalue weighted by Crippen LogP contribution is 2.25. The Labute approximate surface area is 194 Å². The number of carbonyl (C=O) groups is 3. The van der Waals surface area contributed by atoms with Crippen LogP contribution in [0.1, 0.15) is 21.5 Å². The number of amidine groups is 1. The van der Waals surface area contributed by atoms with Crippen LogP contribution < -0.4 is 16.0 Å². The molecule has 2 aromatic carbocycles. The van der Waals surface area contributed by atoms with Crippen LogP contribution in [0.4, 0.5) is 15.8 Å². The van der Waals surface area contributed by atoms with Crippen molar-refractivity contribution in [2.45, 2.75) is 18.8 Å². The number of benzene rings is 2. The minimum atomic E-state index is -1.82. The molecule has 0 aliphatic carbocycles. The first kappa shape index (κ1) is 23.3. The van der Waals surface area contributed by atoms with Gasteiger partial charge in [0.15, 0.2) is 12.2 Å². The zero-order valence-corrected chi connectivity index (χ0v) is 18.6. The van der Waals surface area contributed by atoms with E-state index in [0.717, 1.165) is 23.3 Å². The summed E-state index contributed by atoms with van der Waals surface area (Å²) < 4.78 is 19.6. The van der Waals surface area contributed by atoms with E-state index in [1.165, 1.54) is 30.0 Å². The smallest absolute Gasteiger partial charge is 0.259 e. The van der Waals surface area contributed by atoms with Crippen LogP contribution in [0.25, 0.3) is 0 Å². The summed E-state index contributed by atoms with van der Waals surface area (Å²) in [6, 6.07) is 8.59. The molecule has 0 unspecified atom stereocenters. The van der Waals surface area contributed by atoms with Crippen molar-refractivity contribution in [1.29, 1.82) is 0 Å². The number of anilines is 2. The number of halogens is 1. The number of nitrogens with zero attached hydrogens (tertiary/aromatic N) is 3. The second kappa shape index (κ2) is 9.20. The first-order chi connectivity index (χ1) is 16.2. The van der Waals surface area contributed by atoms with Crippen molar-refractivity contribution in [3.8, 4) is 0 Å². The van der Waals surface area contributed by atoms with Gasteiger partial charge in [-0.25, -0.2) is 4.39 Å². The predicted molar refractivity (Wildman–Crippen MR) is 122 cm³/mol. The van der Waals surface area contributed by atoms with Crippen LogP contribution in [0, 0.1) is 5.82 Å². The lowest BCUT2D eigenvalue weighted by Gasteiger charge is -2.34. The third kappa shape index (κ3) is 4.47. The van der Waals surface area contributed by atoms with E-state index in [2.05, 4.69) is 10.3 Å². The van der Waals surface area contributed by atoms with E-state index in [-0.39, 0.29) is 24.4 Å². The average Bonchev–Trinajstić information content (AvgIpc) is 3.17. The van der Waals surface area contributed by atoms with Gasteiger partial charge in [0, 0.05) is 43.1 Å². The Balaban J connectivity index is 1.50. The SMILES string of the molecule is CN(C)C(=O)c1cc(F)cc(N2CCO[C@H]([C@@H](O)C(=O)Nc3ccc4c(c3)CN=C4N)C2=O)c1. The maximum Gasteiger partial charge on any atom is 0.259 e. The molecule has 178 valence electrons. The predicted octanol–water partition coefficient (Wildman–Crippen LogP) is 0.478. The third-order valence-corrected chi connectivity index (χ3v) is 5.59. The second-order valence-electron chi connectivity index (χ2n) is 8.19. The maximum atomic E-state index is 14.2. The number of nitrogens with one attached hydrogen (secondary N) is 1. The van der Waals surface area contributed by atoms with Gasteiger partial charge in [0.25, 0.3) is 17.7 Å². The van der Waals surface area contributed by atoms with Gasteiger partial charge in [-0.05, 0) is 42.0 Å². The van der Waals surface area contributed by atoms with Crippen molar-refractivity contribution < 1.29 is 28.6 Å². The van der Waals surface area contributed by atoms with E-state index < -0.39 is 35.7 Å². The first-order valence-corrected chi connectivity index (χ1v) is 10.5. The molecule has 2 aliphatic rings. The van der Waals surface area contributed by atoms with E-state index in [1.54, 1.807) is 18.2 Å². The van der Waals surface area contributed by atoms with E-state index in [4.69, 9.17) is 10.5 Å². The van der Waals surface area contributed by atoms with Gasteiger partial charge in [0.05, 0.1) is 13.2 Å². The van der Waals surface area contributed by atoms with Gasteiger partial charge in [-0.15, -0.1) is 0 Å². The molecule has 11 heteroatoms. The Morgan fingerprint density at radius 1 is 1.29 bits per heavy atom. The number of hydrogen-bond acceptors (Lipinski definition) is 7. The number of nitrogens with two attached hydrogens (primary N) is 1. The molecular formula is C23H24FN5O5. The fourth-order valence-electron chi connectivity index (χ4n) is 3.86. The number of aliphatic imine (C=N–C) groups is 1. The van der Waals surface area contributed by atoms with Crippen molar-refractivity contribution in [3.05, 3.63) is 58.9 Å². The van der Waals surface area contributed by atoms with Crippen molar-refractivity contribution >= 4 is 34.9 Å². The molecule has 1 saturated heterocycles. The summed E-state index contributed by atoms with van der Waals surface area (Å²) in [6.07, 6.45) is -3.32. The highest BCUT2D eigenvalue weighted by Gasteiger charge is 2.39. The van der Waals surface area contributed by atoms with Gasteiger partial charge in [-0.2, -0.15) is 0 Å². The zero-order valence-electron chi connectivity index (χ0n) is 18.6. The van der Waals surface area contributed by atoms with Crippen molar-refractivity contribution in [1.82, 2.24) is 4.90 Å². The summed E-state index contributed by atoms with van der Waals surface area (Å²) in [5.74, 6) is -2.27. The highest BCUT2D eigenvalue weighted by atomic mass is 19.1. The van der Waals surface area contributed by atoms with Gasteiger partial charge in [0.2, 0.25) is 0 Å². The summed E-state index contributed by atoms with van der Waals surface area (Å²) in [7, 11) is 3.06. The number of morpholine rings is 1. The summed E-state index contributed by atoms with van der Waals surface area (Å²) >= 11 is 0. The molecule has 0 aromatic heterocycles. The lowest BCUT2D eigenvalue weighted by atomic mass is 10.1. The number of aliphatic hydroxyl groups is 1. The molecule has 2 aromatic rings. The van der Waals surface area contributed by atoms with E-state index in [1.807, 2.05) is 0 Å². The molecule has 0 spiro atoms. The van der Waals surface area contributed by atoms with Crippen LogP contribution in [0.3, 0.4) is 0 Å². The highest BCUT2D eigenvalue weighted by molar-refractivity contribution is 6.05. The normalized spacial score (nSPS) is 18.2. The van der Waals surface area contributed by atoms with Crippen molar-refractivity contribution in [2.75, 3.05) is 37.5 Å². The summed E-state index contributed by atoms with van der Waals surface area (Å²) in [6.45, 7) is 0.456. The van der Waals surface area contributed by atoms with Gasteiger partial charge in [-0.1, -0.05) is 0 Å². The minimum absolute atomic E-state index is 0.00365. The first-order valence-electron chi connectivity index (χ1n) is 10.5. The van der Waals surface area contributed by atoms with E-state index in [0.29, 0.717) is 18.1 Å². The Morgan fingerprint density at radius 3 is 2.79 bits per heavy atom. The number of aliphatic hydroxyl groups excluding tert-OH is 1. The molecular weight excluding hydrogens is 445 g/mol. The molecule has 0 radical (unpaired) electrons. The standard InChI is InChI=1S/C23H24FN5O5/c1-28(2)22(32)12-7-14(24)10-16(9-12)29-5-6-34-19(23(29)33)18(30)21(31)27-15-3-4-17-13(8-15)11-26-20(17)25/h3-4,7-10,18-19,30H,5-6,11H2,1-2H3,(H2,25,26)(H,27,31)/t18-,19-/m1/s1. The van der Waals surface area contributed by atoms with E-state index >= 15 is 0 Å². The summed E-state index contributed by atoms with van der Waals surface area (Å²) in [5, 5.41) is 13.1. The largest absolute Gasteiger partial charge is 0.383 e. The quantitative estimate of drug-likeness (QED) is 0.582. The molecule has 4 rings (SSSR count). The molecule has 0 bridgehead atoms.